The molecule has 3 aliphatic rings. The molecule has 3 heterocycles. The molecular formula is C16H30N2O2. The van der Waals surface area contributed by atoms with Gasteiger partial charge in [-0.15, -0.1) is 0 Å². The van der Waals surface area contributed by atoms with E-state index in [1.165, 1.54) is 19.4 Å². The van der Waals surface area contributed by atoms with Crippen LogP contribution >= 0.6 is 0 Å². The Kier molecular flexibility index (Phi) is 4.65. The normalized spacial score (nSPS) is 45.6. The minimum atomic E-state index is 0.230. The fourth-order valence-electron chi connectivity index (χ4n) is 4.59. The van der Waals surface area contributed by atoms with E-state index in [2.05, 4.69) is 24.5 Å². The van der Waals surface area contributed by atoms with Crippen molar-refractivity contribution in [1.82, 2.24) is 10.6 Å². The first kappa shape index (κ1) is 14.8. The lowest BCUT2D eigenvalue weighted by Crippen LogP contribution is -2.66. The van der Waals surface area contributed by atoms with Gasteiger partial charge in [0.05, 0.1) is 0 Å². The van der Waals surface area contributed by atoms with Gasteiger partial charge in [-0.1, -0.05) is 13.8 Å². The summed E-state index contributed by atoms with van der Waals surface area (Å²) in [5.41, 5.74) is 0. The molecule has 0 aromatic carbocycles. The van der Waals surface area contributed by atoms with Crippen molar-refractivity contribution in [3.63, 3.8) is 0 Å². The van der Waals surface area contributed by atoms with Gasteiger partial charge in [0.1, 0.15) is 6.23 Å². The zero-order chi connectivity index (χ0) is 14.1. The highest BCUT2D eigenvalue weighted by molar-refractivity contribution is 5.02. The Balaban J connectivity index is 1.80. The molecule has 3 aliphatic heterocycles. The first-order chi connectivity index (χ1) is 9.70. The van der Waals surface area contributed by atoms with Crippen molar-refractivity contribution in [2.24, 2.45) is 23.7 Å². The van der Waals surface area contributed by atoms with Crippen molar-refractivity contribution >= 4 is 0 Å². The van der Waals surface area contributed by atoms with Crippen LogP contribution in [0, 0.1) is 23.7 Å². The van der Waals surface area contributed by atoms with Gasteiger partial charge in [0.25, 0.3) is 0 Å². The Labute approximate surface area is 123 Å². The van der Waals surface area contributed by atoms with Crippen molar-refractivity contribution in [2.75, 3.05) is 26.9 Å². The maximum atomic E-state index is 5.69. The Hall–Kier alpha value is -0.160. The van der Waals surface area contributed by atoms with Gasteiger partial charge in [-0.05, 0) is 49.5 Å². The van der Waals surface area contributed by atoms with Gasteiger partial charge in [-0.3, -0.25) is 5.32 Å². The predicted octanol–water partition coefficient (Wildman–Crippen LogP) is 1.61. The third kappa shape index (κ3) is 2.76. The van der Waals surface area contributed by atoms with Crippen LogP contribution in [0.3, 0.4) is 0 Å². The molecule has 0 saturated carbocycles. The zero-order valence-electron chi connectivity index (χ0n) is 13.1. The van der Waals surface area contributed by atoms with Crippen LogP contribution in [0.15, 0.2) is 0 Å². The molecule has 6 atom stereocenters. The molecule has 2 N–H and O–H groups in total. The summed E-state index contributed by atoms with van der Waals surface area (Å²) in [7, 11) is 1.82. The highest BCUT2D eigenvalue weighted by Crippen LogP contribution is 2.40. The van der Waals surface area contributed by atoms with E-state index in [1.807, 2.05) is 7.11 Å². The molecule has 4 heteroatoms. The van der Waals surface area contributed by atoms with Gasteiger partial charge in [-0.25, -0.2) is 0 Å². The van der Waals surface area contributed by atoms with Gasteiger partial charge >= 0.3 is 0 Å². The van der Waals surface area contributed by atoms with Crippen molar-refractivity contribution in [3.05, 3.63) is 0 Å². The second kappa shape index (κ2) is 6.30. The van der Waals surface area contributed by atoms with Crippen LogP contribution in [0.25, 0.3) is 0 Å². The molecule has 0 aromatic rings. The number of ether oxygens (including phenoxy) is 2. The van der Waals surface area contributed by atoms with E-state index in [9.17, 15) is 0 Å². The highest BCUT2D eigenvalue weighted by Gasteiger charge is 2.47. The standard InChI is InChI=1S/C16H30N2O2/c1-10(2)12-8-17-13-4-5-14(19-3)18-16(13)15(12)11-6-7-20-9-11/h10-18H,4-9H2,1-3H3/t11?,12?,13?,14?,15-,16?/m0/s1. The van der Waals surface area contributed by atoms with Gasteiger partial charge in [0, 0.05) is 32.4 Å². The summed E-state index contributed by atoms with van der Waals surface area (Å²) in [5, 5.41) is 7.57. The van der Waals surface area contributed by atoms with E-state index in [0.717, 1.165) is 43.3 Å². The Morgan fingerprint density at radius 1 is 1.20 bits per heavy atom. The Morgan fingerprint density at radius 2 is 2.05 bits per heavy atom. The summed E-state index contributed by atoms with van der Waals surface area (Å²) in [6.07, 6.45) is 3.81. The van der Waals surface area contributed by atoms with Crippen LogP contribution in [0.2, 0.25) is 0 Å². The van der Waals surface area contributed by atoms with Gasteiger partial charge in [0.2, 0.25) is 0 Å². The molecule has 0 spiro atoms. The second-order valence-corrected chi connectivity index (χ2v) is 7.12. The summed E-state index contributed by atoms with van der Waals surface area (Å²) >= 11 is 0. The van der Waals surface area contributed by atoms with Gasteiger partial charge in [-0.2, -0.15) is 0 Å². The average Bonchev–Trinajstić information content (AvgIpc) is 2.99. The Bertz CT molecular complexity index is 318. The number of hydrogen-bond acceptors (Lipinski definition) is 4. The first-order valence-electron chi connectivity index (χ1n) is 8.30. The minimum absolute atomic E-state index is 0.230. The van der Waals surface area contributed by atoms with Crippen molar-refractivity contribution in [1.29, 1.82) is 0 Å². The van der Waals surface area contributed by atoms with Crippen LogP contribution in [0.5, 0.6) is 0 Å². The Morgan fingerprint density at radius 3 is 2.70 bits per heavy atom. The molecule has 4 nitrogen and oxygen atoms in total. The largest absolute Gasteiger partial charge is 0.381 e. The molecule has 0 bridgehead atoms. The van der Waals surface area contributed by atoms with Crippen LogP contribution in [0.1, 0.15) is 33.1 Å². The van der Waals surface area contributed by atoms with E-state index < -0.39 is 0 Å². The quantitative estimate of drug-likeness (QED) is 0.825. The van der Waals surface area contributed by atoms with Crippen LogP contribution in [0.4, 0.5) is 0 Å². The topological polar surface area (TPSA) is 42.5 Å². The summed E-state index contributed by atoms with van der Waals surface area (Å²) < 4.78 is 11.3. The third-order valence-electron chi connectivity index (χ3n) is 5.73. The average molecular weight is 282 g/mol. The first-order valence-corrected chi connectivity index (χ1v) is 8.30. The molecule has 3 fully saturated rings. The maximum Gasteiger partial charge on any atom is 0.108 e. The molecule has 0 aliphatic carbocycles. The lowest BCUT2D eigenvalue weighted by molar-refractivity contribution is -0.0282. The third-order valence-corrected chi connectivity index (χ3v) is 5.73. The highest BCUT2D eigenvalue weighted by atomic mass is 16.5. The van der Waals surface area contributed by atoms with Crippen molar-refractivity contribution in [2.45, 2.75) is 51.4 Å². The number of methoxy groups -OCH3 is 1. The van der Waals surface area contributed by atoms with E-state index in [0.29, 0.717) is 12.1 Å². The summed E-state index contributed by atoms with van der Waals surface area (Å²) in [4.78, 5) is 0. The van der Waals surface area contributed by atoms with E-state index in [1.54, 1.807) is 0 Å². The summed E-state index contributed by atoms with van der Waals surface area (Å²) in [5.74, 6) is 2.91. The number of hydrogen-bond donors (Lipinski definition) is 2. The van der Waals surface area contributed by atoms with E-state index in [4.69, 9.17) is 9.47 Å². The molecule has 3 saturated heterocycles. The number of piperidine rings is 2. The molecule has 5 unspecified atom stereocenters. The molecule has 0 aromatic heterocycles. The smallest absolute Gasteiger partial charge is 0.108 e. The van der Waals surface area contributed by atoms with Crippen LogP contribution in [-0.2, 0) is 9.47 Å². The lowest BCUT2D eigenvalue weighted by atomic mass is 9.66. The number of nitrogens with one attached hydrogen (secondary N) is 2. The molecule has 116 valence electrons. The van der Waals surface area contributed by atoms with Gasteiger partial charge in [0.15, 0.2) is 0 Å². The fraction of sp³-hybridized carbons (Fsp3) is 1.00. The minimum Gasteiger partial charge on any atom is -0.381 e. The summed E-state index contributed by atoms with van der Waals surface area (Å²) in [6, 6.07) is 1.16. The predicted molar refractivity (Wildman–Crippen MR) is 79.5 cm³/mol. The molecule has 3 rings (SSSR count). The molecular weight excluding hydrogens is 252 g/mol. The van der Waals surface area contributed by atoms with Gasteiger partial charge < -0.3 is 14.8 Å². The van der Waals surface area contributed by atoms with Crippen molar-refractivity contribution in [3.8, 4) is 0 Å². The number of rotatable bonds is 3. The SMILES string of the molecule is COC1CCC2NCC(C(C)C)[C@H](C3CCOC3)C2N1. The zero-order valence-corrected chi connectivity index (χ0v) is 13.1. The lowest BCUT2D eigenvalue weighted by Gasteiger charge is -2.51. The van der Waals surface area contributed by atoms with Crippen molar-refractivity contribution < 1.29 is 9.47 Å². The molecule has 0 radical (unpaired) electrons. The molecule has 0 amide bonds. The maximum absolute atomic E-state index is 5.69. The van der Waals surface area contributed by atoms with Crippen LogP contribution < -0.4 is 10.6 Å². The van der Waals surface area contributed by atoms with E-state index in [-0.39, 0.29) is 6.23 Å². The number of fused-ring (bicyclic) bond motifs is 1. The second-order valence-electron chi connectivity index (χ2n) is 7.12. The van der Waals surface area contributed by atoms with Crippen LogP contribution in [-0.4, -0.2) is 45.2 Å². The fourth-order valence-corrected chi connectivity index (χ4v) is 4.59. The monoisotopic (exact) mass is 282 g/mol. The van der Waals surface area contributed by atoms with E-state index >= 15 is 0 Å². The molecule has 20 heavy (non-hydrogen) atoms. The summed E-state index contributed by atoms with van der Waals surface area (Å²) in [6.45, 7) is 7.80.